The molecule has 2 heteroatoms. The minimum absolute atomic E-state index is 0.195. The van der Waals surface area contributed by atoms with E-state index in [1.807, 2.05) is 13.0 Å². The Balaban J connectivity index is 2.62. The molecule has 0 aromatic heterocycles. The van der Waals surface area contributed by atoms with Gasteiger partial charge in [0, 0.05) is 11.7 Å². The van der Waals surface area contributed by atoms with Gasteiger partial charge in [-0.25, -0.2) is 4.39 Å². The van der Waals surface area contributed by atoms with Gasteiger partial charge in [0.2, 0.25) is 0 Å². The number of anilines is 1. The Hall–Kier alpha value is -1.31. The number of benzene rings is 1. The van der Waals surface area contributed by atoms with E-state index in [2.05, 4.69) is 18.8 Å². The Labute approximate surface area is 91.0 Å². The zero-order chi connectivity index (χ0) is 11.3. The second kappa shape index (κ2) is 5.54. The number of rotatable bonds is 5. The third kappa shape index (κ3) is 3.74. The van der Waals surface area contributed by atoms with Crippen molar-refractivity contribution in [1.29, 1.82) is 0 Å². The molecule has 1 aromatic carbocycles. The smallest absolute Gasteiger partial charge is 0.125 e. The molecule has 0 heterocycles. The van der Waals surface area contributed by atoms with E-state index < -0.39 is 0 Å². The van der Waals surface area contributed by atoms with Crippen molar-refractivity contribution >= 4 is 5.69 Å². The molecule has 15 heavy (non-hydrogen) atoms. The van der Waals surface area contributed by atoms with Crippen LogP contribution in [0.4, 0.5) is 10.1 Å². The van der Waals surface area contributed by atoms with Gasteiger partial charge >= 0.3 is 0 Å². The lowest BCUT2D eigenvalue weighted by Gasteiger charge is -2.16. The molecular weight excluding hydrogens is 189 g/mol. The predicted octanol–water partition coefficient (Wildman–Crippen LogP) is 3.90. The second-order valence-electron chi connectivity index (χ2n) is 3.87. The minimum Gasteiger partial charge on any atom is -0.382 e. The van der Waals surface area contributed by atoms with Gasteiger partial charge in [-0.3, -0.25) is 0 Å². The van der Waals surface area contributed by atoms with Gasteiger partial charge < -0.3 is 5.32 Å². The van der Waals surface area contributed by atoms with Crippen LogP contribution in [0.1, 0.15) is 25.3 Å². The first-order valence-corrected chi connectivity index (χ1v) is 5.27. The van der Waals surface area contributed by atoms with Crippen molar-refractivity contribution in [2.75, 3.05) is 5.32 Å². The first-order valence-electron chi connectivity index (χ1n) is 5.27. The molecular formula is C13H18FN. The van der Waals surface area contributed by atoms with Crippen LogP contribution in [0.3, 0.4) is 0 Å². The monoisotopic (exact) mass is 207 g/mol. The van der Waals surface area contributed by atoms with Gasteiger partial charge in [0.05, 0.1) is 0 Å². The van der Waals surface area contributed by atoms with Gasteiger partial charge in [-0.2, -0.15) is 0 Å². The zero-order valence-corrected chi connectivity index (χ0v) is 9.39. The molecule has 0 aliphatic rings. The van der Waals surface area contributed by atoms with E-state index in [4.69, 9.17) is 0 Å². The predicted molar refractivity (Wildman–Crippen MR) is 63.7 cm³/mol. The molecule has 0 aliphatic carbocycles. The van der Waals surface area contributed by atoms with Crippen molar-refractivity contribution in [1.82, 2.24) is 0 Å². The molecule has 0 radical (unpaired) electrons. The Kier molecular flexibility index (Phi) is 4.35. The Morgan fingerprint density at radius 2 is 2.27 bits per heavy atom. The Bertz CT molecular complexity index is 333. The summed E-state index contributed by atoms with van der Waals surface area (Å²) in [7, 11) is 0. The first-order chi connectivity index (χ1) is 7.13. The number of nitrogens with one attached hydrogen (secondary N) is 1. The summed E-state index contributed by atoms with van der Waals surface area (Å²) in [5.74, 6) is -0.195. The Morgan fingerprint density at radius 3 is 2.93 bits per heavy atom. The molecule has 0 fully saturated rings. The Morgan fingerprint density at radius 1 is 1.53 bits per heavy atom. The van der Waals surface area contributed by atoms with Crippen LogP contribution in [-0.2, 0) is 0 Å². The minimum atomic E-state index is -0.195. The van der Waals surface area contributed by atoms with Crippen LogP contribution in [0.25, 0.3) is 0 Å². The first kappa shape index (κ1) is 11.8. The molecule has 1 atom stereocenters. The molecule has 0 spiro atoms. The van der Waals surface area contributed by atoms with E-state index in [0.29, 0.717) is 6.04 Å². The fraction of sp³-hybridized carbons (Fsp3) is 0.385. The normalized spacial score (nSPS) is 12.2. The summed E-state index contributed by atoms with van der Waals surface area (Å²) in [5.41, 5.74) is 1.95. The fourth-order valence-electron chi connectivity index (χ4n) is 1.46. The topological polar surface area (TPSA) is 12.0 Å². The van der Waals surface area contributed by atoms with Crippen LogP contribution in [0.15, 0.2) is 30.9 Å². The lowest BCUT2D eigenvalue weighted by molar-refractivity contribution is 0.626. The molecule has 1 nitrogen and oxygen atoms in total. The van der Waals surface area contributed by atoms with Crippen molar-refractivity contribution in [3.8, 4) is 0 Å². The zero-order valence-electron chi connectivity index (χ0n) is 9.39. The fourth-order valence-corrected chi connectivity index (χ4v) is 1.46. The van der Waals surface area contributed by atoms with Gasteiger partial charge in [0.15, 0.2) is 0 Å². The quantitative estimate of drug-likeness (QED) is 0.722. The second-order valence-corrected chi connectivity index (χ2v) is 3.87. The summed E-state index contributed by atoms with van der Waals surface area (Å²) in [6, 6.07) is 5.15. The van der Waals surface area contributed by atoms with Gasteiger partial charge in [-0.1, -0.05) is 12.1 Å². The lowest BCUT2D eigenvalue weighted by atomic mass is 10.1. The van der Waals surface area contributed by atoms with E-state index in [1.54, 1.807) is 12.1 Å². The van der Waals surface area contributed by atoms with Gasteiger partial charge in [-0.05, 0) is 44.4 Å². The van der Waals surface area contributed by atoms with Crippen LogP contribution < -0.4 is 5.32 Å². The molecule has 1 rings (SSSR count). The van der Waals surface area contributed by atoms with E-state index in [0.717, 1.165) is 24.1 Å². The lowest BCUT2D eigenvalue weighted by Crippen LogP contribution is -2.15. The molecule has 0 saturated heterocycles. The summed E-state index contributed by atoms with van der Waals surface area (Å²) in [4.78, 5) is 0. The number of hydrogen-bond acceptors (Lipinski definition) is 1. The summed E-state index contributed by atoms with van der Waals surface area (Å²) in [6.07, 6.45) is 3.89. The molecule has 0 aliphatic heterocycles. The molecule has 1 unspecified atom stereocenters. The van der Waals surface area contributed by atoms with Crippen molar-refractivity contribution in [3.05, 3.63) is 42.2 Å². The highest BCUT2D eigenvalue weighted by Gasteiger charge is 2.04. The van der Waals surface area contributed by atoms with Crippen molar-refractivity contribution < 1.29 is 4.39 Å². The van der Waals surface area contributed by atoms with Crippen molar-refractivity contribution in [2.24, 2.45) is 0 Å². The molecule has 0 amide bonds. The van der Waals surface area contributed by atoms with E-state index >= 15 is 0 Å². The maximum absolute atomic E-state index is 13.0. The van der Waals surface area contributed by atoms with E-state index in [9.17, 15) is 4.39 Å². The third-order valence-electron chi connectivity index (χ3n) is 2.41. The highest BCUT2D eigenvalue weighted by atomic mass is 19.1. The standard InChI is InChI=1S/C13H18FN/c1-4-5-6-11(3)15-13-9-12(14)8-7-10(13)2/h4,7-9,11,15H,1,5-6H2,2-3H3. The maximum Gasteiger partial charge on any atom is 0.125 e. The number of allylic oxidation sites excluding steroid dienone is 1. The molecule has 0 bridgehead atoms. The van der Waals surface area contributed by atoms with Crippen molar-refractivity contribution in [2.45, 2.75) is 32.7 Å². The molecule has 0 saturated carbocycles. The number of halogens is 1. The number of aryl methyl sites for hydroxylation is 1. The van der Waals surface area contributed by atoms with Crippen LogP contribution in [0, 0.1) is 12.7 Å². The molecule has 1 aromatic rings. The van der Waals surface area contributed by atoms with Gasteiger partial charge in [0.1, 0.15) is 5.82 Å². The van der Waals surface area contributed by atoms with Crippen LogP contribution >= 0.6 is 0 Å². The highest BCUT2D eigenvalue weighted by molar-refractivity contribution is 5.51. The SMILES string of the molecule is C=CCCC(C)Nc1cc(F)ccc1C. The summed E-state index contributed by atoms with van der Waals surface area (Å²) < 4.78 is 13.0. The highest BCUT2D eigenvalue weighted by Crippen LogP contribution is 2.17. The summed E-state index contributed by atoms with van der Waals surface area (Å²) >= 11 is 0. The van der Waals surface area contributed by atoms with Crippen molar-refractivity contribution in [3.63, 3.8) is 0 Å². The average molecular weight is 207 g/mol. The maximum atomic E-state index is 13.0. The van der Waals surface area contributed by atoms with Crippen LogP contribution in [0.2, 0.25) is 0 Å². The van der Waals surface area contributed by atoms with E-state index in [-0.39, 0.29) is 5.82 Å². The van der Waals surface area contributed by atoms with Gasteiger partial charge in [0.25, 0.3) is 0 Å². The summed E-state index contributed by atoms with van der Waals surface area (Å²) in [6.45, 7) is 7.75. The van der Waals surface area contributed by atoms with Crippen LogP contribution in [0.5, 0.6) is 0 Å². The summed E-state index contributed by atoms with van der Waals surface area (Å²) in [5, 5.41) is 3.30. The largest absolute Gasteiger partial charge is 0.382 e. The number of hydrogen-bond donors (Lipinski definition) is 1. The average Bonchev–Trinajstić information content (AvgIpc) is 2.20. The molecule has 82 valence electrons. The van der Waals surface area contributed by atoms with Gasteiger partial charge in [-0.15, -0.1) is 6.58 Å². The van der Waals surface area contributed by atoms with Crippen LogP contribution in [-0.4, -0.2) is 6.04 Å². The van der Waals surface area contributed by atoms with E-state index in [1.165, 1.54) is 6.07 Å². The third-order valence-corrected chi connectivity index (χ3v) is 2.41. The molecule has 1 N–H and O–H groups in total.